The number of allylic oxidation sites excluding steroid dienone is 1. The lowest BCUT2D eigenvalue weighted by atomic mass is 10.3. The minimum absolute atomic E-state index is 0.556. The highest BCUT2D eigenvalue weighted by Crippen LogP contribution is 2.09. The fraction of sp³-hybridized carbons (Fsp3) is 0.600. The van der Waals surface area contributed by atoms with Crippen LogP contribution in [-0.2, 0) is 0 Å². The van der Waals surface area contributed by atoms with Crippen LogP contribution in [0.4, 0.5) is 17.9 Å². The van der Waals surface area contributed by atoms with E-state index in [-0.39, 0.29) is 0 Å². The van der Waals surface area contributed by atoms with Crippen molar-refractivity contribution in [2.24, 2.45) is 0 Å². The summed E-state index contributed by atoms with van der Waals surface area (Å²) in [6, 6.07) is -1.70. The molecule has 1 unspecified atom stereocenters. The predicted octanol–water partition coefficient (Wildman–Crippen LogP) is 1.39. The van der Waals surface area contributed by atoms with E-state index in [0.29, 0.717) is 6.08 Å². The number of hydrogen-bond donors (Lipinski definition) is 1. The molecule has 0 spiro atoms. The van der Waals surface area contributed by atoms with Gasteiger partial charge in [-0.3, -0.25) is 0 Å². The van der Waals surface area contributed by atoms with E-state index in [4.69, 9.17) is 5.11 Å². The summed E-state index contributed by atoms with van der Waals surface area (Å²) in [6.45, 7) is 0.0321. The van der Waals surface area contributed by atoms with Crippen LogP contribution in [0.2, 0.25) is 0 Å². The summed E-state index contributed by atoms with van der Waals surface area (Å²) in [5.74, 6) is 0. The van der Waals surface area contributed by atoms with Crippen molar-refractivity contribution in [1.82, 2.24) is 10.7 Å². The molecule has 0 aromatic rings. The van der Waals surface area contributed by atoms with Gasteiger partial charge in [-0.15, -0.1) is 8.96 Å². The van der Waals surface area contributed by atoms with Gasteiger partial charge in [-0.2, -0.15) is 0 Å². The molecule has 0 aliphatic carbocycles. The Labute approximate surface area is 66.2 Å². The molecular formula is C5H8F4N2O. The van der Waals surface area contributed by atoms with E-state index < -0.39 is 29.0 Å². The van der Waals surface area contributed by atoms with Gasteiger partial charge in [-0.1, -0.05) is 8.96 Å². The van der Waals surface area contributed by atoms with Crippen molar-refractivity contribution in [1.29, 1.82) is 0 Å². The lowest BCUT2D eigenvalue weighted by Crippen LogP contribution is -2.24. The third kappa shape index (κ3) is 3.54. The van der Waals surface area contributed by atoms with Gasteiger partial charge in [-0.05, 0) is 18.3 Å². The maximum atomic E-state index is 11.7. The monoisotopic (exact) mass is 188 g/mol. The number of halogens is 4. The van der Waals surface area contributed by atoms with Crippen LogP contribution in [0.15, 0.2) is 11.8 Å². The van der Waals surface area contributed by atoms with Gasteiger partial charge >= 0.3 is 0 Å². The van der Waals surface area contributed by atoms with Gasteiger partial charge in [0.25, 0.3) is 0 Å². The molecule has 1 N–H and O–H groups in total. The zero-order valence-electron chi connectivity index (χ0n) is 6.22. The molecule has 0 aromatic heterocycles. The van der Waals surface area contributed by atoms with Gasteiger partial charge in [-0.25, -0.2) is 0 Å². The zero-order chi connectivity index (χ0) is 9.72. The molecular weight excluding hydrogens is 180 g/mol. The van der Waals surface area contributed by atoms with Gasteiger partial charge in [0.2, 0.25) is 0 Å². The van der Waals surface area contributed by atoms with Crippen molar-refractivity contribution in [3.63, 3.8) is 0 Å². The Morgan fingerprint density at radius 1 is 1.42 bits per heavy atom. The average Bonchev–Trinajstić information content (AvgIpc) is 1.98. The molecule has 0 saturated carbocycles. The second-order valence-corrected chi connectivity index (χ2v) is 2.05. The number of aliphatic hydroxyl groups excluding tert-OH is 1. The first-order chi connectivity index (χ1) is 5.49. The maximum absolute atomic E-state index is 11.7. The Hall–Kier alpha value is -0.820. The number of aliphatic hydroxyl groups is 1. The van der Waals surface area contributed by atoms with Crippen LogP contribution in [-0.4, -0.2) is 28.4 Å². The van der Waals surface area contributed by atoms with Crippen molar-refractivity contribution >= 4 is 0 Å². The summed E-state index contributed by atoms with van der Waals surface area (Å²) in [4.78, 5) is 0. The Bertz CT molecular complexity index is 162. The SMILES string of the molecule is C/C(=C\C(CO)N(F)F)N(F)F. The molecule has 0 rings (SSSR count). The van der Waals surface area contributed by atoms with E-state index in [1.54, 1.807) is 0 Å². The average molecular weight is 188 g/mol. The third-order valence-corrected chi connectivity index (χ3v) is 1.14. The molecule has 12 heavy (non-hydrogen) atoms. The fourth-order valence-corrected chi connectivity index (χ4v) is 0.506. The normalized spacial score (nSPS) is 15.1. The van der Waals surface area contributed by atoms with E-state index in [1.165, 1.54) is 0 Å². The first-order valence-corrected chi connectivity index (χ1v) is 3.00. The Kier molecular flexibility index (Phi) is 4.60. The topological polar surface area (TPSA) is 26.7 Å². The first-order valence-electron chi connectivity index (χ1n) is 3.00. The van der Waals surface area contributed by atoms with Gasteiger partial charge in [0, 0.05) is 5.34 Å². The smallest absolute Gasteiger partial charge is 0.116 e. The van der Waals surface area contributed by atoms with Crippen LogP contribution in [0.5, 0.6) is 0 Å². The highest BCUT2D eigenvalue weighted by molar-refractivity contribution is 4.98. The molecule has 0 heterocycles. The maximum Gasteiger partial charge on any atom is 0.116 e. The van der Waals surface area contributed by atoms with Crippen LogP contribution < -0.4 is 0 Å². The van der Waals surface area contributed by atoms with Crippen molar-refractivity contribution < 1.29 is 23.0 Å². The van der Waals surface area contributed by atoms with Crippen LogP contribution in [0.3, 0.4) is 0 Å². The molecule has 0 fully saturated rings. The second-order valence-electron chi connectivity index (χ2n) is 2.05. The van der Waals surface area contributed by atoms with Crippen molar-refractivity contribution in [2.45, 2.75) is 13.0 Å². The lowest BCUT2D eigenvalue weighted by molar-refractivity contribution is -0.184. The highest BCUT2D eigenvalue weighted by atomic mass is 19.4. The molecule has 0 aromatic carbocycles. The van der Waals surface area contributed by atoms with Gasteiger partial charge in [0.15, 0.2) is 0 Å². The number of hydrogen-bond acceptors (Lipinski definition) is 3. The van der Waals surface area contributed by atoms with Crippen molar-refractivity contribution in [2.75, 3.05) is 6.61 Å². The Balaban J connectivity index is 4.25. The van der Waals surface area contributed by atoms with E-state index in [2.05, 4.69) is 0 Å². The Morgan fingerprint density at radius 3 is 2.17 bits per heavy atom. The summed E-state index contributed by atoms with van der Waals surface area (Å²) in [6.07, 6.45) is 0.556. The molecule has 0 saturated heterocycles. The molecule has 1 atom stereocenters. The lowest BCUT2D eigenvalue weighted by Gasteiger charge is -2.10. The van der Waals surface area contributed by atoms with E-state index in [1.807, 2.05) is 0 Å². The van der Waals surface area contributed by atoms with Crippen LogP contribution in [0, 0.1) is 0 Å². The van der Waals surface area contributed by atoms with E-state index in [0.717, 1.165) is 6.92 Å². The summed E-state index contributed by atoms with van der Waals surface area (Å²) in [5.41, 5.74) is -0.644. The van der Waals surface area contributed by atoms with Crippen molar-refractivity contribution in [3.05, 3.63) is 11.8 Å². The summed E-state index contributed by atoms with van der Waals surface area (Å²) in [7, 11) is 0. The minimum atomic E-state index is -1.70. The van der Waals surface area contributed by atoms with Gasteiger partial charge < -0.3 is 5.11 Å². The summed E-state index contributed by atoms with van der Waals surface area (Å²) < 4.78 is 46.6. The molecule has 0 aliphatic heterocycles. The molecule has 3 nitrogen and oxygen atoms in total. The van der Waals surface area contributed by atoms with E-state index in [9.17, 15) is 17.9 Å². The van der Waals surface area contributed by atoms with Crippen LogP contribution >= 0.6 is 0 Å². The summed E-state index contributed by atoms with van der Waals surface area (Å²) in [5, 5.41) is 5.66. The van der Waals surface area contributed by atoms with Crippen LogP contribution in [0.1, 0.15) is 6.92 Å². The standard InChI is InChI=1S/C5H8F4N2O/c1-4(10(6)7)2-5(3-12)11(8)9/h2,5,12H,3H2,1H3/b4-2+. The fourth-order valence-electron chi connectivity index (χ4n) is 0.506. The largest absolute Gasteiger partial charge is 0.394 e. The molecule has 7 heteroatoms. The zero-order valence-corrected chi connectivity index (χ0v) is 6.22. The third-order valence-electron chi connectivity index (χ3n) is 1.14. The highest BCUT2D eigenvalue weighted by Gasteiger charge is 2.16. The quantitative estimate of drug-likeness (QED) is 0.533. The first kappa shape index (κ1) is 11.2. The van der Waals surface area contributed by atoms with Gasteiger partial charge in [0.05, 0.1) is 12.3 Å². The molecule has 72 valence electrons. The summed E-state index contributed by atoms with van der Waals surface area (Å²) >= 11 is 0. The number of nitrogens with zero attached hydrogens (tertiary/aromatic N) is 2. The van der Waals surface area contributed by atoms with E-state index >= 15 is 0 Å². The Morgan fingerprint density at radius 2 is 1.92 bits per heavy atom. The molecule has 0 radical (unpaired) electrons. The van der Waals surface area contributed by atoms with Gasteiger partial charge in [0.1, 0.15) is 6.04 Å². The predicted molar refractivity (Wildman–Crippen MR) is 32.7 cm³/mol. The molecule has 0 aliphatic rings. The van der Waals surface area contributed by atoms with Crippen molar-refractivity contribution in [3.8, 4) is 0 Å². The number of rotatable bonds is 4. The molecule has 0 amide bonds. The van der Waals surface area contributed by atoms with Crippen LogP contribution in [0.25, 0.3) is 0 Å². The molecule has 0 bridgehead atoms. The second kappa shape index (κ2) is 4.94. The minimum Gasteiger partial charge on any atom is -0.394 e.